The first-order valence-corrected chi connectivity index (χ1v) is 11.3. The quantitative estimate of drug-likeness (QED) is 0.305. The third-order valence-electron chi connectivity index (χ3n) is 5.55. The van der Waals surface area contributed by atoms with Gasteiger partial charge in [0.15, 0.2) is 5.75 Å². The van der Waals surface area contributed by atoms with Gasteiger partial charge in [0.25, 0.3) is 0 Å². The highest BCUT2D eigenvalue weighted by molar-refractivity contribution is 5.48. The fourth-order valence-corrected chi connectivity index (χ4v) is 3.85. The van der Waals surface area contributed by atoms with E-state index in [9.17, 15) is 5.11 Å². The van der Waals surface area contributed by atoms with Gasteiger partial charge in [0.2, 0.25) is 0 Å². The van der Waals surface area contributed by atoms with Crippen LogP contribution in [0.3, 0.4) is 0 Å². The molecule has 3 aromatic carbocycles. The predicted octanol–water partition coefficient (Wildman–Crippen LogP) is 7.01. The van der Waals surface area contributed by atoms with Crippen molar-refractivity contribution in [2.75, 3.05) is 0 Å². The van der Waals surface area contributed by atoms with E-state index in [0.717, 1.165) is 58.2 Å². The van der Waals surface area contributed by atoms with Crippen molar-refractivity contribution in [3.8, 4) is 23.0 Å². The number of para-hydroxylation sites is 2. The molecule has 0 saturated heterocycles. The standard InChI is InChI=1S/C29H29NO3/c1-3-11-27-29(33-24-15-8-5-9-16-24)26(20-31)21(2)28(30-27)19-22-12-10-17-25(18-22)32-23-13-6-4-7-14-23/h4-10,12-18,31H,3,11,19-20H2,1-2H3. The van der Waals surface area contributed by atoms with Gasteiger partial charge < -0.3 is 14.6 Å². The second kappa shape index (κ2) is 10.8. The highest BCUT2D eigenvalue weighted by atomic mass is 16.5. The van der Waals surface area contributed by atoms with Crippen LogP contribution >= 0.6 is 0 Å². The molecule has 0 atom stereocenters. The summed E-state index contributed by atoms with van der Waals surface area (Å²) in [4.78, 5) is 5.00. The first kappa shape index (κ1) is 22.6. The van der Waals surface area contributed by atoms with Gasteiger partial charge in [-0.3, -0.25) is 4.98 Å². The molecule has 0 radical (unpaired) electrons. The average Bonchev–Trinajstić information content (AvgIpc) is 2.84. The Morgan fingerprint density at radius 1 is 0.758 bits per heavy atom. The molecule has 0 fully saturated rings. The Morgan fingerprint density at radius 3 is 2.03 bits per heavy atom. The second-order valence-corrected chi connectivity index (χ2v) is 8.00. The lowest BCUT2D eigenvalue weighted by Gasteiger charge is -2.19. The Bertz CT molecular complexity index is 1190. The minimum absolute atomic E-state index is 0.0998. The van der Waals surface area contributed by atoms with Crippen LogP contribution in [0.5, 0.6) is 23.0 Å². The van der Waals surface area contributed by atoms with E-state index in [1.807, 2.05) is 85.8 Å². The number of hydrogen-bond donors (Lipinski definition) is 1. The van der Waals surface area contributed by atoms with Crippen LogP contribution in [0.1, 0.15) is 41.4 Å². The number of aliphatic hydroxyl groups excluding tert-OH is 1. The molecule has 4 heteroatoms. The highest BCUT2D eigenvalue weighted by Gasteiger charge is 2.19. The van der Waals surface area contributed by atoms with E-state index in [1.54, 1.807) is 0 Å². The zero-order valence-electron chi connectivity index (χ0n) is 19.1. The van der Waals surface area contributed by atoms with Gasteiger partial charge in [-0.15, -0.1) is 0 Å². The van der Waals surface area contributed by atoms with Crippen molar-refractivity contribution in [2.45, 2.75) is 39.7 Å². The number of aliphatic hydroxyl groups is 1. The maximum atomic E-state index is 10.2. The van der Waals surface area contributed by atoms with Crippen LogP contribution in [0, 0.1) is 6.92 Å². The summed E-state index contributed by atoms with van der Waals surface area (Å²) >= 11 is 0. The molecule has 0 aliphatic heterocycles. The van der Waals surface area contributed by atoms with E-state index in [2.05, 4.69) is 13.0 Å². The number of pyridine rings is 1. The van der Waals surface area contributed by atoms with Gasteiger partial charge in [-0.25, -0.2) is 0 Å². The van der Waals surface area contributed by atoms with Crippen LogP contribution in [0.25, 0.3) is 0 Å². The molecule has 0 amide bonds. The van der Waals surface area contributed by atoms with Crippen LogP contribution in [-0.2, 0) is 19.4 Å². The lowest BCUT2D eigenvalue weighted by Crippen LogP contribution is -2.08. The second-order valence-electron chi connectivity index (χ2n) is 8.00. The van der Waals surface area contributed by atoms with E-state index in [1.165, 1.54) is 0 Å². The molecule has 1 aromatic heterocycles. The van der Waals surface area contributed by atoms with Crippen molar-refractivity contribution in [1.82, 2.24) is 4.98 Å². The molecular formula is C29H29NO3. The third kappa shape index (κ3) is 5.60. The summed E-state index contributed by atoms with van der Waals surface area (Å²) in [6, 6.07) is 27.5. The van der Waals surface area contributed by atoms with Crippen molar-refractivity contribution in [3.05, 3.63) is 113 Å². The smallest absolute Gasteiger partial charge is 0.154 e. The van der Waals surface area contributed by atoms with Gasteiger partial charge in [0.05, 0.1) is 12.3 Å². The van der Waals surface area contributed by atoms with E-state index in [4.69, 9.17) is 14.5 Å². The van der Waals surface area contributed by atoms with Gasteiger partial charge in [-0.1, -0.05) is 61.9 Å². The van der Waals surface area contributed by atoms with Gasteiger partial charge in [-0.05, 0) is 60.9 Å². The summed E-state index contributed by atoms with van der Waals surface area (Å²) in [7, 11) is 0. The zero-order valence-corrected chi connectivity index (χ0v) is 19.1. The molecule has 0 bridgehead atoms. The number of rotatable bonds is 9. The summed E-state index contributed by atoms with van der Waals surface area (Å²) in [6.07, 6.45) is 2.36. The van der Waals surface area contributed by atoms with Crippen molar-refractivity contribution in [2.24, 2.45) is 0 Å². The maximum absolute atomic E-state index is 10.2. The number of benzene rings is 3. The number of aryl methyl sites for hydroxylation is 1. The van der Waals surface area contributed by atoms with Gasteiger partial charge in [-0.2, -0.15) is 0 Å². The van der Waals surface area contributed by atoms with Gasteiger partial charge >= 0.3 is 0 Å². The van der Waals surface area contributed by atoms with E-state index in [-0.39, 0.29) is 6.61 Å². The molecule has 168 valence electrons. The molecule has 0 aliphatic carbocycles. The van der Waals surface area contributed by atoms with Gasteiger partial charge in [0, 0.05) is 17.7 Å². The number of ether oxygens (including phenoxy) is 2. The van der Waals surface area contributed by atoms with E-state index in [0.29, 0.717) is 12.2 Å². The van der Waals surface area contributed by atoms with Crippen LogP contribution in [0.4, 0.5) is 0 Å². The first-order chi connectivity index (χ1) is 16.2. The summed E-state index contributed by atoms with van der Waals surface area (Å²) in [6.45, 7) is 4.03. The molecule has 4 rings (SSSR count). The summed E-state index contributed by atoms with van der Waals surface area (Å²) in [5.74, 6) is 3.01. The number of aromatic nitrogens is 1. The molecule has 0 unspecified atom stereocenters. The monoisotopic (exact) mass is 439 g/mol. The van der Waals surface area contributed by atoms with Crippen molar-refractivity contribution in [1.29, 1.82) is 0 Å². The molecule has 4 aromatic rings. The number of hydrogen-bond acceptors (Lipinski definition) is 4. The Balaban J connectivity index is 1.65. The highest BCUT2D eigenvalue weighted by Crippen LogP contribution is 2.34. The Morgan fingerprint density at radius 2 is 1.39 bits per heavy atom. The van der Waals surface area contributed by atoms with Crippen molar-refractivity contribution >= 4 is 0 Å². The fraction of sp³-hybridized carbons (Fsp3) is 0.207. The molecule has 0 aliphatic rings. The molecule has 0 spiro atoms. The minimum Gasteiger partial charge on any atom is -0.457 e. The van der Waals surface area contributed by atoms with Crippen LogP contribution < -0.4 is 9.47 Å². The maximum Gasteiger partial charge on any atom is 0.154 e. The summed E-state index contributed by atoms with van der Waals surface area (Å²) < 4.78 is 12.2. The van der Waals surface area contributed by atoms with Crippen molar-refractivity contribution < 1.29 is 14.6 Å². The molecule has 1 N–H and O–H groups in total. The van der Waals surface area contributed by atoms with Crippen molar-refractivity contribution in [3.63, 3.8) is 0 Å². The Kier molecular flexibility index (Phi) is 7.38. The SMILES string of the molecule is CCCc1nc(Cc2cccc(Oc3ccccc3)c2)c(C)c(CO)c1Oc1ccccc1. The normalized spacial score (nSPS) is 10.8. The van der Waals surface area contributed by atoms with Gasteiger partial charge in [0.1, 0.15) is 17.2 Å². The summed E-state index contributed by atoms with van der Waals surface area (Å²) in [5.41, 5.74) is 4.67. The largest absolute Gasteiger partial charge is 0.457 e. The molecule has 33 heavy (non-hydrogen) atoms. The summed E-state index contributed by atoms with van der Waals surface area (Å²) in [5, 5.41) is 10.2. The molecule has 1 heterocycles. The third-order valence-corrected chi connectivity index (χ3v) is 5.55. The van der Waals surface area contributed by atoms with E-state index < -0.39 is 0 Å². The van der Waals surface area contributed by atoms with Crippen LogP contribution in [0.15, 0.2) is 84.9 Å². The van der Waals surface area contributed by atoms with Crippen LogP contribution in [0.2, 0.25) is 0 Å². The van der Waals surface area contributed by atoms with Crippen LogP contribution in [-0.4, -0.2) is 10.1 Å². The Hall–Kier alpha value is -3.63. The zero-order chi connectivity index (χ0) is 23.0. The number of nitrogens with zero attached hydrogens (tertiary/aromatic N) is 1. The minimum atomic E-state index is -0.0998. The fourth-order valence-electron chi connectivity index (χ4n) is 3.85. The Labute approximate surface area is 195 Å². The molecule has 0 saturated carbocycles. The average molecular weight is 440 g/mol. The topological polar surface area (TPSA) is 51.6 Å². The lowest BCUT2D eigenvalue weighted by atomic mass is 9.99. The molecular weight excluding hydrogens is 410 g/mol. The van der Waals surface area contributed by atoms with E-state index >= 15 is 0 Å². The molecule has 4 nitrogen and oxygen atoms in total. The lowest BCUT2D eigenvalue weighted by molar-refractivity contribution is 0.274. The predicted molar refractivity (Wildman–Crippen MR) is 131 cm³/mol. The first-order valence-electron chi connectivity index (χ1n) is 11.3.